The van der Waals surface area contributed by atoms with E-state index in [9.17, 15) is 15.0 Å². The maximum absolute atomic E-state index is 9.70. The van der Waals surface area contributed by atoms with Gasteiger partial charge in [0.1, 0.15) is 12.2 Å². The van der Waals surface area contributed by atoms with Gasteiger partial charge in [0.2, 0.25) is 5.91 Å². The van der Waals surface area contributed by atoms with Gasteiger partial charge in [-0.15, -0.1) is 0 Å². The molecule has 0 bridgehead atoms. The normalized spacial score (nSPS) is 27.6. The maximum atomic E-state index is 9.70. The van der Waals surface area contributed by atoms with Crippen molar-refractivity contribution >= 4 is 5.91 Å². The summed E-state index contributed by atoms with van der Waals surface area (Å²) in [6.07, 6.45) is 1.13. The Morgan fingerprint density at radius 3 is 2.24 bits per heavy atom. The molecule has 0 aromatic carbocycles. The number of aliphatic hydroxyl groups excluding tert-OH is 3. The van der Waals surface area contributed by atoms with E-state index in [1.807, 2.05) is 13.8 Å². The van der Waals surface area contributed by atoms with Crippen LogP contribution in [0.15, 0.2) is 0 Å². The molecule has 4 atom stereocenters. The van der Waals surface area contributed by atoms with Gasteiger partial charge in [-0.1, -0.05) is 33.6 Å². The summed E-state index contributed by atoms with van der Waals surface area (Å²) in [6.45, 7) is 7.33. The first-order chi connectivity index (χ1) is 9.96. The van der Waals surface area contributed by atoms with Crippen molar-refractivity contribution in [2.24, 2.45) is 0 Å². The van der Waals surface area contributed by atoms with Gasteiger partial charge in [0.25, 0.3) is 0 Å². The largest absolute Gasteiger partial charge is 0.394 e. The third-order valence-electron chi connectivity index (χ3n) is 3.06. The van der Waals surface area contributed by atoms with Gasteiger partial charge in [0, 0.05) is 20.4 Å². The zero-order valence-corrected chi connectivity index (χ0v) is 14.0. The SMILES string of the molecule is CC.CCCCC1C[C@@H](O)[C@@H](O)[C@@H](CO)O1.CNC(C)=O. The molecule has 21 heavy (non-hydrogen) atoms. The zero-order valence-electron chi connectivity index (χ0n) is 14.0. The van der Waals surface area contributed by atoms with Gasteiger partial charge < -0.3 is 25.4 Å². The van der Waals surface area contributed by atoms with E-state index in [1.54, 1.807) is 7.05 Å². The number of carbonyl (C=O) groups is 1. The first-order valence-corrected chi connectivity index (χ1v) is 7.76. The van der Waals surface area contributed by atoms with Crippen molar-refractivity contribution in [3.8, 4) is 0 Å². The fourth-order valence-electron chi connectivity index (χ4n) is 1.81. The van der Waals surface area contributed by atoms with Crippen LogP contribution in [0.3, 0.4) is 0 Å². The number of amides is 1. The monoisotopic (exact) mass is 307 g/mol. The number of aliphatic hydroxyl groups is 3. The molecule has 128 valence electrons. The Hall–Kier alpha value is -0.690. The van der Waals surface area contributed by atoms with E-state index in [1.165, 1.54) is 6.92 Å². The number of unbranched alkanes of at least 4 members (excludes halogenated alkanes) is 1. The zero-order chi connectivity index (χ0) is 16.8. The molecular formula is C15H33NO5. The summed E-state index contributed by atoms with van der Waals surface area (Å²) in [4.78, 5) is 9.70. The molecule has 4 N–H and O–H groups in total. The third-order valence-corrected chi connectivity index (χ3v) is 3.06. The van der Waals surface area contributed by atoms with Gasteiger partial charge in [0.05, 0.1) is 18.8 Å². The van der Waals surface area contributed by atoms with Crippen molar-refractivity contribution < 1.29 is 24.9 Å². The first kappa shape index (κ1) is 22.6. The molecule has 1 saturated heterocycles. The molecule has 0 aromatic rings. The minimum absolute atomic E-state index is 0.00463. The van der Waals surface area contributed by atoms with E-state index in [-0.39, 0.29) is 18.6 Å². The van der Waals surface area contributed by atoms with E-state index >= 15 is 0 Å². The Bertz CT molecular complexity index is 250. The lowest BCUT2D eigenvalue weighted by Gasteiger charge is -2.36. The molecule has 1 heterocycles. The first-order valence-electron chi connectivity index (χ1n) is 7.76. The second-order valence-electron chi connectivity index (χ2n) is 4.72. The number of nitrogens with one attached hydrogen (secondary N) is 1. The van der Waals surface area contributed by atoms with E-state index < -0.39 is 18.3 Å². The Balaban J connectivity index is 0. The van der Waals surface area contributed by atoms with Crippen LogP contribution < -0.4 is 5.32 Å². The van der Waals surface area contributed by atoms with E-state index in [0.717, 1.165) is 19.3 Å². The minimum Gasteiger partial charge on any atom is -0.394 e. The molecular weight excluding hydrogens is 274 g/mol. The Morgan fingerprint density at radius 2 is 1.86 bits per heavy atom. The predicted molar refractivity (Wildman–Crippen MR) is 83.0 cm³/mol. The summed E-state index contributed by atoms with van der Waals surface area (Å²) in [5.41, 5.74) is 0. The summed E-state index contributed by atoms with van der Waals surface area (Å²) in [6, 6.07) is 0. The van der Waals surface area contributed by atoms with Crippen molar-refractivity contribution in [2.45, 2.75) is 77.8 Å². The quantitative estimate of drug-likeness (QED) is 0.616. The Kier molecular flexibility index (Phi) is 15.3. The van der Waals surface area contributed by atoms with E-state index in [2.05, 4.69) is 12.2 Å². The summed E-state index contributed by atoms with van der Waals surface area (Å²) in [5.74, 6) is 0.00463. The van der Waals surface area contributed by atoms with Crippen LogP contribution in [-0.4, -0.2) is 59.3 Å². The molecule has 0 saturated carbocycles. The average molecular weight is 307 g/mol. The van der Waals surface area contributed by atoms with Crippen LogP contribution in [0.25, 0.3) is 0 Å². The van der Waals surface area contributed by atoms with Crippen molar-refractivity contribution in [1.29, 1.82) is 0 Å². The van der Waals surface area contributed by atoms with Crippen molar-refractivity contribution in [3.63, 3.8) is 0 Å². The Morgan fingerprint density at radius 1 is 1.33 bits per heavy atom. The molecule has 6 nitrogen and oxygen atoms in total. The van der Waals surface area contributed by atoms with Crippen LogP contribution in [0.1, 0.15) is 53.4 Å². The number of rotatable bonds is 4. The summed E-state index contributed by atoms with van der Waals surface area (Å²) >= 11 is 0. The van der Waals surface area contributed by atoms with Gasteiger partial charge in [0.15, 0.2) is 0 Å². The average Bonchev–Trinajstić information content (AvgIpc) is 2.50. The molecule has 1 rings (SSSR count). The van der Waals surface area contributed by atoms with E-state index in [0.29, 0.717) is 6.42 Å². The van der Waals surface area contributed by atoms with Gasteiger partial charge in [-0.3, -0.25) is 4.79 Å². The molecule has 0 aliphatic carbocycles. The standard InChI is InChI=1S/C10H20O4.C3H7NO.C2H6/c1-2-3-4-7-5-8(12)10(13)9(6-11)14-7;1-3(5)4-2;1-2/h7-13H,2-6H2,1H3;1-2H3,(H,4,5);1-2H3/t7?,8-,9-,10-;;/m1../s1. The molecule has 1 fully saturated rings. The lowest BCUT2D eigenvalue weighted by Crippen LogP contribution is -2.49. The molecule has 0 aromatic heterocycles. The smallest absolute Gasteiger partial charge is 0.216 e. The molecule has 1 aliphatic heterocycles. The van der Waals surface area contributed by atoms with E-state index in [4.69, 9.17) is 9.84 Å². The molecule has 0 spiro atoms. The van der Waals surface area contributed by atoms with Crippen LogP contribution in [0.4, 0.5) is 0 Å². The lowest BCUT2D eigenvalue weighted by atomic mass is 9.95. The Labute approximate surface area is 128 Å². The predicted octanol–water partition coefficient (Wildman–Crippen LogP) is 0.827. The highest BCUT2D eigenvalue weighted by molar-refractivity contribution is 5.72. The minimum atomic E-state index is -0.946. The fraction of sp³-hybridized carbons (Fsp3) is 0.933. The topological polar surface area (TPSA) is 99.0 Å². The fourth-order valence-corrected chi connectivity index (χ4v) is 1.81. The molecule has 1 aliphatic rings. The second kappa shape index (κ2) is 14.3. The second-order valence-corrected chi connectivity index (χ2v) is 4.72. The number of carbonyl (C=O) groups excluding carboxylic acids is 1. The third kappa shape index (κ3) is 10.6. The van der Waals surface area contributed by atoms with Crippen LogP contribution in [-0.2, 0) is 9.53 Å². The molecule has 6 heteroatoms. The van der Waals surface area contributed by atoms with Gasteiger partial charge in [-0.25, -0.2) is 0 Å². The van der Waals surface area contributed by atoms with Crippen molar-refractivity contribution in [1.82, 2.24) is 5.32 Å². The highest BCUT2D eigenvalue weighted by Gasteiger charge is 2.35. The summed E-state index contributed by atoms with van der Waals surface area (Å²) < 4.78 is 5.46. The number of hydrogen-bond acceptors (Lipinski definition) is 5. The van der Waals surface area contributed by atoms with Crippen LogP contribution in [0, 0.1) is 0 Å². The van der Waals surface area contributed by atoms with Crippen LogP contribution in [0.5, 0.6) is 0 Å². The van der Waals surface area contributed by atoms with Crippen LogP contribution in [0.2, 0.25) is 0 Å². The lowest BCUT2D eigenvalue weighted by molar-refractivity contribution is -0.180. The molecule has 1 unspecified atom stereocenters. The number of hydrogen-bond donors (Lipinski definition) is 4. The molecule has 0 radical (unpaired) electrons. The van der Waals surface area contributed by atoms with Gasteiger partial charge in [-0.05, 0) is 6.42 Å². The summed E-state index contributed by atoms with van der Waals surface area (Å²) in [5, 5.41) is 30.3. The number of ether oxygens (including phenoxy) is 1. The highest BCUT2D eigenvalue weighted by atomic mass is 16.5. The van der Waals surface area contributed by atoms with Crippen LogP contribution >= 0.6 is 0 Å². The van der Waals surface area contributed by atoms with Crippen molar-refractivity contribution in [2.75, 3.05) is 13.7 Å². The van der Waals surface area contributed by atoms with Gasteiger partial charge in [-0.2, -0.15) is 0 Å². The highest BCUT2D eigenvalue weighted by Crippen LogP contribution is 2.23. The molecule has 1 amide bonds. The van der Waals surface area contributed by atoms with Crippen molar-refractivity contribution in [3.05, 3.63) is 0 Å². The summed E-state index contributed by atoms with van der Waals surface area (Å²) in [7, 11) is 1.60. The van der Waals surface area contributed by atoms with Gasteiger partial charge >= 0.3 is 0 Å². The maximum Gasteiger partial charge on any atom is 0.216 e.